The van der Waals surface area contributed by atoms with Gasteiger partial charge in [-0.15, -0.1) is 0 Å². The number of piperidine rings is 1. The van der Waals surface area contributed by atoms with Gasteiger partial charge in [-0.25, -0.2) is 9.78 Å². The molecule has 200 valence electrons. The number of hydrogen-bond donors (Lipinski definition) is 1. The lowest BCUT2D eigenvalue weighted by atomic mass is 9.95. The molecule has 0 spiro atoms. The molecule has 5 rings (SSSR count). The van der Waals surface area contributed by atoms with E-state index in [9.17, 15) is 19.5 Å². The normalized spacial score (nSPS) is 25.6. The number of esters is 1. The SMILES string of the molecule is Cn1c(=O)c2c(ncn2CC[N+]2(C)C3CCC2CC(OC(=O)C(CO)c2ccccc2)C3)n(C)c1=O.[I-]. The van der Waals surface area contributed by atoms with Crippen molar-refractivity contribution < 1.29 is 43.1 Å². The smallest absolute Gasteiger partial charge is 0.332 e. The fourth-order valence-electron chi connectivity index (χ4n) is 6.29. The number of aliphatic hydroxyl groups is 1. The zero-order chi connectivity index (χ0) is 25.6. The number of fused-ring (bicyclic) bond motifs is 3. The Morgan fingerprint density at radius 3 is 2.41 bits per heavy atom. The summed E-state index contributed by atoms with van der Waals surface area (Å²) in [5, 5.41) is 9.83. The highest BCUT2D eigenvalue weighted by Gasteiger charge is 2.52. The first kappa shape index (κ1) is 27.5. The second-order valence-corrected chi connectivity index (χ2v) is 10.4. The maximum atomic E-state index is 12.9. The zero-order valence-corrected chi connectivity index (χ0v) is 23.6. The minimum absolute atomic E-state index is 0. The number of quaternary nitrogens is 1. The Morgan fingerprint density at radius 2 is 1.78 bits per heavy atom. The van der Waals surface area contributed by atoms with E-state index in [-0.39, 0.29) is 53.9 Å². The second-order valence-electron chi connectivity index (χ2n) is 10.4. The van der Waals surface area contributed by atoms with Gasteiger partial charge in [0, 0.05) is 39.8 Å². The number of carbonyl (C=O) groups excluding carboxylic acids is 1. The predicted octanol–water partition coefficient (Wildman–Crippen LogP) is -2.10. The topological polar surface area (TPSA) is 108 Å². The maximum absolute atomic E-state index is 12.9. The van der Waals surface area contributed by atoms with Gasteiger partial charge in [-0.2, -0.15) is 0 Å². The minimum atomic E-state index is -0.667. The number of ether oxygens (including phenoxy) is 1. The van der Waals surface area contributed by atoms with E-state index < -0.39 is 5.92 Å². The Kier molecular flexibility index (Phi) is 7.96. The number of carbonyl (C=O) groups is 1. The molecule has 0 saturated carbocycles. The summed E-state index contributed by atoms with van der Waals surface area (Å²) in [6, 6.07) is 9.98. The Balaban J connectivity index is 0.00000320. The molecule has 1 aromatic carbocycles. The molecule has 1 N–H and O–H groups in total. The zero-order valence-electron chi connectivity index (χ0n) is 21.4. The summed E-state index contributed by atoms with van der Waals surface area (Å²) in [7, 11) is 5.37. The van der Waals surface area contributed by atoms with Gasteiger partial charge < -0.3 is 42.9 Å². The standard InChI is InChI=1S/C26H34N5O5.HI/c1-28-23-22(24(33)29(2)26(28)35)30(16-27-23)11-12-31(3)18-9-10-19(31)14-20(13-18)36-25(34)21(15-32)17-7-5-4-6-8-17;/h4-8,16,18-21,32H,9-15H2,1-3H3;1H/q+1;/p-1. The molecule has 10 nitrogen and oxygen atoms in total. The molecule has 3 aromatic rings. The van der Waals surface area contributed by atoms with Crippen LogP contribution in [-0.2, 0) is 30.2 Å². The molecule has 2 aliphatic rings. The number of hydrogen-bond acceptors (Lipinski definition) is 6. The highest BCUT2D eigenvalue weighted by atomic mass is 127. The summed E-state index contributed by atoms with van der Waals surface area (Å²) < 4.78 is 11.2. The summed E-state index contributed by atoms with van der Waals surface area (Å²) >= 11 is 0. The molecule has 3 atom stereocenters. The van der Waals surface area contributed by atoms with Gasteiger partial charge in [0.05, 0.1) is 45.2 Å². The second kappa shape index (κ2) is 10.7. The number of aryl methyl sites for hydroxylation is 1. The summed E-state index contributed by atoms with van der Waals surface area (Å²) in [5.41, 5.74) is 0.885. The molecule has 3 unspecified atom stereocenters. The maximum Gasteiger partial charge on any atom is 0.332 e. The van der Waals surface area contributed by atoms with Crippen LogP contribution in [-0.4, -0.2) is 72.6 Å². The monoisotopic (exact) mass is 623 g/mol. The van der Waals surface area contributed by atoms with Gasteiger partial charge in [0.2, 0.25) is 0 Å². The lowest BCUT2D eigenvalue weighted by molar-refractivity contribution is -0.949. The van der Waals surface area contributed by atoms with E-state index in [2.05, 4.69) is 12.0 Å². The fraction of sp³-hybridized carbons (Fsp3) is 0.538. The van der Waals surface area contributed by atoms with Crippen molar-refractivity contribution in [1.29, 1.82) is 0 Å². The van der Waals surface area contributed by atoms with Crippen molar-refractivity contribution in [2.24, 2.45) is 14.1 Å². The van der Waals surface area contributed by atoms with Crippen LogP contribution in [0.5, 0.6) is 0 Å². The Morgan fingerprint density at radius 1 is 1.14 bits per heavy atom. The van der Waals surface area contributed by atoms with Crippen LogP contribution in [0.1, 0.15) is 37.2 Å². The number of aliphatic hydroxyl groups excluding tert-OH is 1. The molecule has 2 saturated heterocycles. The van der Waals surface area contributed by atoms with Crippen molar-refractivity contribution in [2.75, 3.05) is 20.2 Å². The van der Waals surface area contributed by atoms with Gasteiger partial charge in [0.15, 0.2) is 11.2 Å². The van der Waals surface area contributed by atoms with Crippen molar-refractivity contribution in [3.05, 3.63) is 63.1 Å². The average Bonchev–Trinajstić information content (AvgIpc) is 3.34. The number of rotatable bonds is 7. The summed E-state index contributed by atoms with van der Waals surface area (Å²) in [6.45, 7) is 1.15. The first-order chi connectivity index (χ1) is 17.2. The molecule has 2 aliphatic heterocycles. The van der Waals surface area contributed by atoms with Crippen molar-refractivity contribution in [2.45, 2.75) is 56.3 Å². The van der Waals surface area contributed by atoms with Gasteiger partial charge in [0.1, 0.15) is 12.0 Å². The molecular formula is C26H34IN5O5. The molecule has 0 radical (unpaired) electrons. The van der Waals surface area contributed by atoms with Crippen LogP contribution in [0, 0.1) is 0 Å². The van der Waals surface area contributed by atoms with E-state index in [0.717, 1.165) is 46.8 Å². The van der Waals surface area contributed by atoms with Crippen LogP contribution < -0.4 is 35.2 Å². The summed E-state index contributed by atoms with van der Waals surface area (Å²) in [4.78, 5) is 42.3. The third-order valence-corrected chi connectivity index (χ3v) is 8.56. The number of benzene rings is 1. The molecule has 37 heavy (non-hydrogen) atoms. The van der Waals surface area contributed by atoms with E-state index in [1.807, 2.05) is 34.9 Å². The van der Waals surface area contributed by atoms with E-state index in [1.165, 1.54) is 11.6 Å². The van der Waals surface area contributed by atoms with Crippen molar-refractivity contribution >= 4 is 17.1 Å². The largest absolute Gasteiger partial charge is 1.00 e. The highest BCUT2D eigenvalue weighted by molar-refractivity contribution is 5.78. The first-order valence-corrected chi connectivity index (χ1v) is 12.6. The van der Waals surface area contributed by atoms with Gasteiger partial charge in [0.25, 0.3) is 5.56 Å². The summed E-state index contributed by atoms with van der Waals surface area (Å²) in [6.07, 6.45) is 5.19. The van der Waals surface area contributed by atoms with Crippen LogP contribution in [0.25, 0.3) is 11.2 Å². The number of likely N-dealkylation sites (N-methyl/N-ethyl adjacent to an activating group) is 1. The van der Waals surface area contributed by atoms with E-state index in [0.29, 0.717) is 29.8 Å². The predicted molar refractivity (Wildman–Crippen MR) is 133 cm³/mol. The number of halogens is 1. The van der Waals surface area contributed by atoms with Gasteiger partial charge in [-0.05, 0) is 5.56 Å². The Labute approximate surface area is 232 Å². The molecule has 11 heteroatoms. The van der Waals surface area contributed by atoms with Gasteiger partial charge >= 0.3 is 11.7 Å². The van der Waals surface area contributed by atoms with Crippen LogP contribution in [0.3, 0.4) is 0 Å². The molecular weight excluding hydrogens is 589 g/mol. The van der Waals surface area contributed by atoms with Crippen LogP contribution in [0.4, 0.5) is 0 Å². The number of aromatic nitrogens is 4. The fourth-order valence-corrected chi connectivity index (χ4v) is 6.29. The first-order valence-electron chi connectivity index (χ1n) is 12.6. The lowest BCUT2D eigenvalue weighted by Gasteiger charge is -2.47. The molecule has 0 amide bonds. The third-order valence-electron chi connectivity index (χ3n) is 8.56. The molecule has 2 fully saturated rings. The van der Waals surface area contributed by atoms with E-state index in [4.69, 9.17) is 4.74 Å². The Hall–Kier alpha value is -2.51. The molecule has 4 heterocycles. The summed E-state index contributed by atoms with van der Waals surface area (Å²) in [5.74, 6) is -1.03. The average molecular weight is 623 g/mol. The Bertz CT molecular complexity index is 1380. The van der Waals surface area contributed by atoms with Crippen LogP contribution in [0.2, 0.25) is 0 Å². The van der Waals surface area contributed by atoms with E-state index >= 15 is 0 Å². The quantitative estimate of drug-likeness (QED) is 0.184. The van der Waals surface area contributed by atoms with Crippen molar-refractivity contribution in [3.63, 3.8) is 0 Å². The van der Waals surface area contributed by atoms with Crippen molar-refractivity contribution in [1.82, 2.24) is 18.7 Å². The van der Waals surface area contributed by atoms with E-state index in [1.54, 1.807) is 13.4 Å². The van der Waals surface area contributed by atoms with Gasteiger partial charge in [-0.1, -0.05) is 30.3 Å². The van der Waals surface area contributed by atoms with Crippen molar-refractivity contribution in [3.8, 4) is 0 Å². The van der Waals surface area contributed by atoms with Gasteiger partial charge in [-0.3, -0.25) is 18.7 Å². The molecule has 2 aromatic heterocycles. The molecule has 0 aliphatic carbocycles. The van der Waals surface area contributed by atoms with Crippen LogP contribution >= 0.6 is 0 Å². The minimum Gasteiger partial charge on any atom is -1.00 e. The molecule has 2 bridgehead atoms. The van der Waals surface area contributed by atoms with Crippen LogP contribution in [0.15, 0.2) is 46.2 Å². The number of imidazole rings is 1. The lowest BCUT2D eigenvalue weighted by Crippen LogP contribution is -3.00. The number of nitrogens with zero attached hydrogens (tertiary/aromatic N) is 5. The highest BCUT2D eigenvalue weighted by Crippen LogP contribution is 2.42. The third kappa shape index (κ3) is 4.76.